The first kappa shape index (κ1) is 12.6. The average molecular weight is 246 g/mol. The summed E-state index contributed by atoms with van der Waals surface area (Å²) >= 11 is 0. The summed E-state index contributed by atoms with van der Waals surface area (Å²) in [7, 11) is -3.90. The van der Waals surface area contributed by atoms with Crippen molar-refractivity contribution in [3.8, 4) is 0 Å². The normalized spacial score (nSPS) is 11.2. The maximum atomic E-state index is 13.4. The molecule has 0 atom stereocenters. The molecule has 0 aromatic heterocycles. The molecule has 0 saturated heterocycles. The smallest absolute Gasteiger partial charge is 0.238 e. The van der Waals surface area contributed by atoms with Crippen LogP contribution in [0, 0.1) is 5.82 Å². The van der Waals surface area contributed by atoms with Crippen molar-refractivity contribution in [2.75, 3.05) is 0 Å². The van der Waals surface area contributed by atoms with E-state index >= 15 is 0 Å². The van der Waals surface area contributed by atoms with Crippen molar-refractivity contribution >= 4 is 15.9 Å². The summed E-state index contributed by atoms with van der Waals surface area (Å²) in [5.74, 6) is -1.02. The number of nitrogens with one attached hydrogen (secondary N) is 1. The van der Waals surface area contributed by atoms with E-state index in [1.54, 1.807) is 0 Å². The molecule has 3 N–H and O–H groups in total. The number of hydrogen-bond acceptors (Lipinski definition) is 3. The lowest BCUT2D eigenvalue weighted by Crippen LogP contribution is -2.20. The molecule has 1 rings (SSSR count). The highest BCUT2D eigenvalue weighted by atomic mass is 32.2. The van der Waals surface area contributed by atoms with Crippen molar-refractivity contribution in [2.45, 2.75) is 18.4 Å². The summed E-state index contributed by atoms with van der Waals surface area (Å²) in [5, 5.41) is 7.23. The molecule has 0 spiro atoms. The second-order valence-electron chi connectivity index (χ2n) is 3.21. The van der Waals surface area contributed by atoms with E-state index < -0.39 is 15.8 Å². The van der Waals surface area contributed by atoms with Crippen LogP contribution >= 0.6 is 0 Å². The van der Waals surface area contributed by atoms with E-state index in [0.717, 1.165) is 6.07 Å². The maximum Gasteiger partial charge on any atom is 0.238 e. The van der Waals surface area contributed by atoms with E-state index in [1.807, 2.05) is 0 Å². The number of halogens is 1. The molecule has 0 fully saturated rings. The van der Waals surface area contributed by atoms with Crippen molar-refractivity contribution < 1.29 is 17.6 Å². The lowest BCUT2D eigenvalue weighted by Gasteiger charge is -2.05. The van der Waals surface area contributed by atoms with Crippen LogP contribution in [0.15, 0.2) is 23.1 Å². The van der Waals surface area contributed by atoms with Crippen LogP contribution in [0.2, 0.25) is 0 Å². The Balaban J connectivity index is 2.96. The van der Waals surface area contributed by atoms with Gasteiger partial charge in [0.15, 0.2) is 0 Å². The van der Waals surface area contributed by atoms with Crippen molar-refractivity contribution in [1.29, 1.82) is 0 Å². The topological polar surface area (TPSA) is 89.3 Å². The fraction of sp³-hybridized carbons (Fsp3) is 0.222. The van der Waals surface area contributed by atoms with Gasteiger partial charge in [-0.3, -0.25) is 4.79 Å². The predicted octanol–water partition coefficient (Wildman–Crippen LogP) is 0.109. The molecule has 88 valence electrons. The van der Waals surface area contributed by atoms with Gasteiger partial charge < -0.3 is 5.32 Å². The quantitative estimate of drug-likeness (QED) is 0.793. The first-order valence-corrected chi connectivity index (χ1v) is 5.91. The Morgan fingerprint density at radius 1 is 1.50 bits per heavy atom. The summed E-state index contributed by atoms with van der Waals surface area (Å²) in [6, 6.07) is 3.28. The number of nitrogens with two attached hydrogens (primary N) is 1. The van der Waals surface area contributed by atoms with E-state index in [9.17, 15) is 17.6 Å². The summed E-state index contributed by atoms with van der Waals surface area (Å²) < 4.78 is 35.2. The van der Waals surface area contributed by atoms with Crippen molar-refractivity contribution in [2.24, 2.45) is 5.14 Å². The predicted molar refractivity (Wildman–Crippen MR) is 55.3 cm³/mol. The van der Waals surface area contributed by atoms with Crippen molar-refractivity contribution in [3.05, 3.63) is 29.6 Å². The van der Waals surface area contributed by atoms with Gasteiger partial charge in [0.05, 0.1) is 4.90 Å². The van der Waals surface area contributed by atoms with Gasteiger partial charge in [-0.1, -0.05) is 6.07 Å². The number of sulfonamides is 1. The van der Waals surface area contributed by atoms with Crippen LogP contribution in [0.4, 0.5) is 4.39 Å². The van der Waals surface area contributed by atoms with Gasteiger partial charge in [0, 0.05) is 19.0 Å². The van der Waals surface area contributed by atoms with Gasteiger partial charge in [-0.15, -0.1) is 0 Å². The minimum Gasteiger partial charge on any atom is -0.352 e. The van der Waals surface area contributed by atoms with Crippen LogP contribution < -0.4 is 10.5 Å². The molecule has 0 aliphatic carbocycles. The standard InChI is InChI=1S/C9H11FN2O3S/c1-6(13)12-5-7-2-3-8(4-9(7)10)16(11,14)15/h2-4H,5H2,1H3,(H,12,13)(H2,11,14,15). The molecule has 0 bridgehead atoms. The minimum absolute atomic E-state index is 0.00602. The van der Waals surface area contributed by atoms with Crippen LogP contribution in [-0.2, 0) is 21.4 Å². The molecule has 0 heterocycles. The number of rotatable bonds is 3. The van der Waals surface area contributed by atoms with Crippen molar-refractivity contribution in [3.63, 3.8) is 0 Å². The number of carbonyl (C=O) groups is 1. The lowest BCUT2D eigenvalue weighted by molar-refractivity contribution is -0.119. The Hall–Kier alpha value is -1.47. The van der Waals surface area contributed by atoms with Crippen LogP contribution in [0.25, 0.3) is 0 Å². The number of primary sulfonamides is 1. The van der Waals surface area contributed by atoms with Crippen LogP contribution in [-0.4, -0.2) is 14.3 Å². The molecule has 16 heavy (non-hydrogen) atoms. The second-order valence-corrected chi connectivity index (χ2v) is 4.77. The monoisotopic (exact) mass is 246 g/mol. The number of amides is 1. The first-order valence-electron chi connectivity index (χ1n) is 4.36. The van der Waals surface area contributed by atoms with Crippen LogP contribution in [0.1, 0.15) is 12.5 Å². The third-order valence-corrected chi connectivity index (χ3v) is 2.79. The van der Waals surface area contributed by atoms with Gasteiger partial charge in [-0.05, 0) is 12.1 Å². The highest BCUT2D eigenvalue weighted by Gasteiger charge is 2.11. The molecule has 1 aromatic carbocycles. The van der Waals surface area contributed by atoms with E-state index in [0.29, 0.717) is 0 Å². The lowest BCUT2D eigenvalue weighted by atomic mass is 10.2. The van der Waals surface area contributed by atoms with Crippen molar-refractivity contribution in [1.82, 2.24) is 5.32 Å². The fourth-order valence-corrected chi connectivity index (χ4v) is 1.59. The number of hydrogen-bond donors (Lipinski definition) is 2. The molecule has 0 aliphatic rings. The van der Waals surface area contributed by atoms with Gasteiger partial charge in [0.25, 0.3) is 0 Å². The average Bonchev–Trinajstić information content (AvgIpc) is 2.14. The first-order chi connectivity index (χ1) is 7.30. The molecule has 1 aromatic rings. The maximum absolute atomic E-state index is 13.4. The Bertz CT molecular complexity index is 513. The molecule has 5 nitrogen and oxygen atoms in total. The Morgan fingerprint density at radius 3 is 2.56 bits per heavy atom. The molecule has 1 amide bonds. The van der Waals surface area contributed by atoms with Gasteiger partial charge in [-0.2, -0.15) is 0 Å². The van der Waals surface area contributed by atoms with Gasteiger partial charge in [0.2, 0.25) is 15.9 Å². The highest BCUT2D eigenvalue weighted by molar-refractivity contribution is 7.89. The summed E-state index contributed by atoms with van der Waals surface area (Å²) in [4.78, 5) is 10.3. The minimum atomic E-state index is -3.90. The second kappa shape index (κ2) is 4.58. The third-order valence-electron chi connectivity index (χ3n) is 1.88. The SMILES string of the molecule is CC(=O)NCc1ccc(S(N)(=O)=O)cc1F. The largest absolute Gasteiger partial charge is 0.352 e. The Morgan fingerprint density at radius 2 is 2.12 bits per heavy atom. The van der Waals surface area contributed by atoms with E-state index in [1.165, 1.54) is 19.1 Å². The Kier molecular flexibility index (Phi) is 3.61. The molecule has 0 saturated carbocycles. The molecular formula is C9H11FN2O3S. The number of benzene rings is 1. The van der Waals surface area contributed by atoms with E-state index in [4.69, 9.17) is 5.14 Å². The van der Waals surface area contributed by atoms with E-state index in [-0.39, 0.29) is 22.9 Å². The zero-order chi connectivity index (χ0) is 12.3. The van der Waals surface area contributed by atoms with Gasteiger partial charge in [0.1, 0.15) is 5.82 Å². The Labute approximate surface area is 92.5 Å². The number of carbonyl (C=O) groups excluding carboxylic acids is 1. The van der Waals surface area contributed by atoms with E-state index in [2.05, 4.69) is 5.32 Å². The fourth-order valence-electron chi connectivity index (χ4n) is 1.07. The third kappa shape index (κ3) is 3.28. The summed E-state index contributed by atoms with van der Waals surface area (Å²) in [6.45, 7) is 1.31. The summed E-state index contributed by atoms with van der Waals surface area (Å²) in [6.07, 6.45) is 0. The molecule has 7 heteroatoms. The van der Waals surface area contributed by atoms with Gasteiger partial charge >= 0.3 is 0 Å². The summed E-state index contributed by atoms with van der Waals surface area (Å²) in [5.41, 5.74) is 0.197. The zero-order valence-electron chi connectivity index (χ0n) is 8.53. The highest BCUT2D eigenvalue weighted by Crippen LogP contribution is 2.13. The molecule has 0 unspecified atom stereocenters. The molecule has 0 radical (unpaired) electrons. The van der Waals surface area contributed by atoms with Crippen LogP contribution in [0.5, 0.6) is 0 Å². The zero-order valence-corrected chi connectivity index (χ0v) is 9.34. The van der Waals surface area contributed by atoms with Crippen LogP contribution in [0.3, 0.4) is 0 Å². The van der Waals surface area contributed by atoms with Gasteiger partial charge in [-0.25, -0.2) is 17.9 Å². The molecular weight excluding hydrogens is 235 g/mol. The molecule has 0 aliphatic heterocycles.